The van der Waals surface area contributed by atoms with Gasteiger partial charge in [0.2, 0.25) is 0 Å². The summed E-state index contributed by atoms with van der Waals surface area (Å²) in [6.07, 6.45) is 8.36. The average molecular weight is 253 g/mol. The second-order valence-corrected chi connectivity index (χ2v) is 5.85. The number of ether oxygens (including phenoxy) is 1. The van der Waals surface area contributed by atoms with Crippen LogP contribution in [0, 0.1) is 5.92 Å². The van der Waals surface area contributed by atoms with E-state index in [0.717, 1.165) is 11.7 Å². The molecule has 1 N–H and O–H groups in total. The summed E-state index contributed by atoms with van der Waals surface area (Å²) >= 11 is 1.82. The summed E-state index contributed by atoms with van der Waals surface area (Å²) in [5.74, 6) is 1.80. The van der Waals surface area contributed by atoms with Crippen molar-refractivity contribution in [1.29, 1.82) is 0 Å². The quantitative estimate of drug-likeness (QED) is 0.819. The zero-order chi connectivity index (χ0) is 12.1. The van der Waals surface area contributed by atoms with Gasteiger partial charge >= 0.3 is 0 Å². The Hall–Kier alpha value is -0.540. The minimum absolute atomic E-state index is 0.516. The van der Waals surface area contributed by atoms with Crippen molar-refractivity contribution in [3.8, 4) is 5.75 Å². The lowest BCUT2D eigenvalue weighted by molar-refractivity contribution is 0.344. The third kappa shape index (κ3) is 3.23. The molecule has 1 fully saturated rings. The third-order valence-electron chi connectivity index (χ3n) is 3.82. The van der Waals surface area contributed by atoms with Crippen molar-refractivity contribution in [1.82, 2.24) is 5.32 Å². The molecule has 96 valence electrons. The van der Waals surface area contributed by atoms with Gasteiger partial charge in [-0.3, -0.25) is 0 Å². The molecule has 1 aromatic rings. The summed E-state index contributed by atoms with van der Waals surface area (Å²) in [4.78, 5) is 1.43. The molecular weight excluding hydrogens is 230 g/mol. The van der Waals surface area contributed by atoms with Gasteiger partial charge in [0.1, 0.15) is 5.75 Å². The Kier molecular flexibility index (Phi) is 4.86. The van der Waals surface area contributed by atoms with Gasteiger partial charge in [-0.25, -0.2) is 0 Å². The second kappa shape index (κ2) is 6.41. The molecular formula is C14H23NOS. The van der Waals surface area contributed by atoms with Crippen LogP contribution in [0.15, 0.2) is 11.4 Å². The van der Waals surface area contributed by atoms with Crippen LogP contribution in [0.1, 0.15) is 49.4 Å². The van der Waals surface area contributed by atoms with Crippen molar-refractivity contribution in [2.24, 2.45) is 5.92 Å². The van der Waals surface area contributed by atoms with Crippen molar-refractivity contribution in [3.63, 3.8) is 0 Å². The minimum Gasteiger partial charge on any atom is -0.496 e. The largest absolute Gasteiger partial charge is 0.496 e. The molecule has 1 heterocycles. The summed E-state index contributed by atoms with van der Waals surface area (Å²) < 4.78 is 5.28. The van der Waals surface area contributed by atoms with Gasteiger partial charge in [0.25, 0.3) is 0 Å². The van der Waals surface area contributed by atoms with Gasteiger partial charge < -0.3 is 10.1 Å². The molecule has 0 amide bonds. The van der Waals surface area contributed by atoms with Crippen LogP contribution in [0.5, 0.6) is 5.75 Å². The Bertz CT molecular complexity index is 329. The first kappa shape index (κ1) is 12.9. The van der Waals surface area contributed by atoms with E-state index in [1.54, 1.807) is 7.11 Å². The Morgan fingerprint density at radius 3 is 2.53 bits per heavy atom. The van der Waals surface area contributed by atoms with E-state index in [1.807, 2.05) is 11.3 Å². The van der Waals surface area contributed by atoms with Crippen LogP contribution in [0.2, 0.25) is 0 Å². The summed E-state index contributed by atoms with van der Waals surface area (Å²) in [5.41, 5.74) is 0. The van der Waals surface area contributed by atoms with Crippen LogP contribution < -0.4 is 10.1 Å². The first-order valence-electron chi connectivity index (χ1n) is 6.65. The highest BCUT2D eigenvalue weighted by Crippen LogP contribution is 2.37. The maximum absolute atomic E-state index is 5.28. The van der Waals surface area contributed by atoms with Crippen molar-refractivity contribution >= 4 is 11.3 Å². The van der Waals surface area contributed by atoms with Gasteiger partial charge in [-0.2, -0.15) is 0 Å². The van der Waals surface area contributed by atoms with E-state index in [9.17, 15) is 0 Å². The molecule has 17 heavy (non-hydrogen) atoms. The van der Waals surface area contributed by atoms with Gasteiger partial charge in [0, 0.05) is 16.3 Å². The normalized spacial score (nSPS) is 19.9. The predicted molar refractivity (Wildman–Crippen MR) is 73.9 cm³/mol. The maximum Gasteiger partial charge on any atom is 0.129 e. The Morgan fingerprint density at radius 1 is 1.29 bits per heavy atom. The lowest BCUT2D eigenvalue weighted by Crippen LogP contribution is -2.24. The van der Waals surface area contributed by atoms with Crippen molar-refractivity contribution in [3.05, 3.63) is 16.3 Å². The smallest absolute Gasteiger partial charge is 0.129 e. The molecule has 1 atom stereocenters. The predicted octanol–water partition coefficient (Wildman–Crippen LogP) is 3.99. The minimum atomic E-state index is 0.516. The van der Waals surface area contributed by atoms with Gasteiger partial charge in [-0.15, -0.1) is 11.3 Å². The van der Waals surface area contributed by atoms with Crippen LogP contribution in [-0.2, 0) is 0 Å². The molecule has 2 nitrogen and oxygen atoms in total. The second-order valence-electron chi connectivity index (χ2n) is 4.91. The van der Waals surface area contributed by atoms with E-state index < -0.39 is 0 Å². The number of methoxy groups -OCH3 is 1. The fraction of sp³-hybridized carbons (Fsp3) is 0.714. The Balaban J connectivity index is 2.08. The van der Waals surface area contributed by atoms with Crippen molar-refractivity contribution in [2.45, 2.75) is 44.6 Å². The standard InChI is InChI=1S/C14H23NOS/c1-15-14(11-7-5-3-4-6-8-11)13-9-12(16-2)10-17-13/h9-11,14-15H,3-8H2,1-2H3. The van der Waals surface area contributed by atoms with Crippen LogP contribution in [0.3, 0.4) is 0 Å². The monoisotopic (exact) mass is 253 g/mol. The Morgan fingerprint density at radius 2 is 2.00 bits per heavy atom. The first-order valence-corrected chi connectivity index (χ1v) is 7.53. The molecule has 0 aromatic carbocycles. The zero-order valence-electron chi connectivity index (χ0n) is 10.9. The van der Waals surface area contributed by atoms with Gasteiger partial charge in [0.15, 0.2) is 0 Å². The number of rotatable bonds is 4. The number of hydrogen-bond donors (Lipinski definition) is 1. The van der Waals surface area contributed by atoms with E-state index in [2.05, 4.69) is 23.8 Å². The van der Waals surface area contributed by atoms with E-state index in [1.165, 1.54) is 43.4 Å². The van der Waals surface area contributed by atoms with Crippen molar-refractivity contribution in [2.75, 3.05) is 14.2 Å². The van der Waals surface area contributed by atoms with Gasteiger partial charge in [-0.1, -0.05) is 25.7 Å². The van der Waals surface area contributed by atoms with E-state index in [0.29, 0.717) is 6.04 Å². The summed E-state index contributed by atoms with van der Waals surface area (Å²) in [5, 5.41) is 5.62. The molecule has 1 aliphatic carbocycles. The summed E-state index contributed by atoms with van der Waals surface area (Å²) in [6.45, 7) is 0. The lowest BCUT2D eigenvalue weighted by atomic mass is 9.91. The number of hydrogen-bond acceptors (Lipinski definition) is 3. The molecule has 1 unspecified atom stereocenters. The fourth-order valence-electron chi connectivity index (χ4n) is 2.86. The van der Waals surface area contributed by atoms with Gasteiger partial charge in [-0.05, 0) is 31.9 Å². The van der Waals surface area contributed by atoms with Crippen LogP contribution in [0.25, 0.3) is 0 Å². The number of nitrogens with one attached hydrogen (secondary N) is 1. The van der Waals surface area contributed by atoms with E-state index in [4.69, 9.17) is 4.74 Å². The van der Waals surface area contributed by atoms with E-state index in [-0.39, 0.29) is 0 Å². The molecule has 0 saturated heterocycles. The highest BCUT2D eigenvalue weighted by atomic mass is 32.1. The SMILES string of the molecule is CNC(c1cc(OC)cs1)C1CCCCCC1. The summed E-state index contributed by atoms with van der Waals surface area (Å²) in [7, 11) is 3.83. The molecule has 2 rings (SSSR count). The zero-order valence-corrected chi connectivity index (χ0v) is 11.7. The molecule has 0 radical (unpaired) electrons. The Labute approximate surface area is 108 Å². The highest BCUT2D eigenvalue weighted by Gasteiger charge is 2.24. The maximum atomic E-state index is 5.28. The third-order valence-corrected chi connectivity index (χ3v) is 4.81. The van der Waals surface area contributed by atoms with Gasteiger partial charge in [0.05, 0.1) is 7.11 Å². The van der Waals surface area contributed by atoms with Crippen LogP contribution in [-0.4, -0.2) is 14.2 Å². The highest BCUT2D eigenvalue weighted by molar-refractivity contribution is 7.10. The molecule has 1 aromatic heterocycles. The molecule has 0 bridgehead atoms. The van der Waals surface area contributed by atoms with Crippen LogP contribution in [0.4, 0.5) is 0 Å². The topological polar surface area (TPSA) is 21.3 Å². The molecule has 1 saturated carbocycles. The first-order chi connectivity index (χ1) is 8.35. The molecule has 1 aliphatic rings. The average Bonchev–Trinajstić information content (AvgIpc) is 2.66. The van der Waals surface area contributed by atoms with Crippen LogP contribution >= 0.6 is 11.3 Å². The summed E-state index contributed by atoms with van der Waals surface area (Å²) in [6, 6.07) is 2.71. The van der Waals surface area contributed by atoms with E-state index >= 15 is 0 Å². The molecule has 3 heteroatoms. The molecule has 0 aliphatic heterocycles. The molecule has 0 spiro atoms. The lowest BCUT2D eigenvalue weighted by Gasteiger charge is -2.24. The number of thiophene rings is 1. The fourth-order valence-corrected chi connectivity index (χ4v) is 3.92. The van der Waals surface area contributed by atoms with Crippen molar-refractivity contribution < 1.29 is 4.74 Å².